The van der Waals surface area contributed by atoms with E-state index in [9.17, 15) is 18.0 Å². The first-order valence-electron chi connectivity index (χ1n) is 7.09. The molecule has 9 nitrogen and oxygen atoms in total. The first-order valence-corrected chi connectivity index (χ1v) is 9.51. The second kappa shape index (κ2) is 8.05. The van der Waals surface area contributed by atoms with E-state index in [1.54, 1.807) is 12.3 Å². The number of nitrogens with zero attached hydrogens (tertiary/aromatic N) is 1. The SMILES string of the molecule is CCOC(=O)Nc1nc(CC(=O)Nc2ccc(S(N)(=O)=O)cc2)cs1. The maximum atomic E-state index is 12.0. The number of amides is 2. The summed E-state index contributed by atoms with van der Waals surface area (Å²) < 4.78 is 27.1. The van der Waals surface area contributed by atoms with Gasteiger partial charge in [-0.25, -0.2) is 23.3 Å². The maximum absolute atomic E-state index is 12.0. The summed E-state index contributed by atoms with van der Waals surface area (Å²) in [5.74, 6) is -0.337. The highest BCUT2D eigenvalue weighted by atomic mass is 32.2. The number of carbonyl (C=O) groups is 2. The fourth-order valence-electron chi connectivity index (χ4n) is 1.80. The summed E-state index contributed by atoms with van der Waals surface area (Å²) in [6, 6.07) is 5.48. The van der Waals surface area contributed by atoms with Crippen LogP contribution in [0.25, 0.3) is 0 Å². The molecule has 2 rings (SSSR count). The fraction of sp³-hybridized carbons (Fsp3) is 0.214. The smallest absolute Gasteiger partial charge is 0.413 e. The van der Waals surface area contributed by atoms with Crippen LogP contribution in [0.5, 0.6) is 0 Å². The molecule has 0 saturated carbocycles. The second-order valence-electron chi connectivity index (χ2n) is 4.78. The van der Waals surface area contributed by atoms with Crippen LogP contribution in [0, 0.1) is 0 Å². The van der Waals surface area contributed by atoms with Crippen molar-refractivity contribution in [3.8, 4) is 0 Å². The third-order valence-corrected chi connectivity index (χ3v) is 4.58. The molecule has 0 aliphatic heterocycles. The predicted octanol–water partition coefficient (Wildman–Crippen LogP) is 1.54. The highest BCUT2D eigenvalue weighted by Gasteiger charge is 2.11. The van der Waals surface area contributed by atoms with Gasteiger partial charge in [-0.05, 0) is 31.2 Å². The lowest BCUT2D eigenvalue weighted by Crippen LogP contribution is -2.16. The van der Waals surface area contributed by atoms with E-state index < -0.39 is 16.1 Å². The summed E-state index contributed by atoms with van der Waals surface area (Å²) in [5.41, 5.74) is 0.910. The minimum atomic E-state index is -3.77. The van der Waals surface area contributed by atoms with E-state index in [-0.39, 0.29) is 23.8 Å². The summed E-state index contributed by atoms with van der Waals surface area (Å²) in [6.45, 7) is 1.93. The van der Waals surface area contributed by atoms with Crippen LogP contribution < -0.4 is 15.8 Å². The van der Waals surface area contributed by atoms with Crippen molar-refractivity contribution < 1.29 is 22.7 Å². The molecule has 0 fully saturated rings. The fourth-order valence-corrected chi connectivity index (χ4v) is 3.01. The number of ether oxygens (including phenoxy) is 1. The Kier molecular flexibility index (Phi) is 6.07. The van der Waals surface area contributed by atoms with Gasteiger partial charge in [-0.3, -0.25) is 10.1 Å². The van der Waals surface area contributed by atoms with Crippen molar-refractivity contribution in [3.05, 3.63) is 35.3 Å². The third kappa shape index (κ3) is 5.81. The number of hydrogen-bond donors (Lipinski definition) is 3. The third-order valence-electron chi connectivity index (χ3n) is 2.84. The van der Waals surface area contributed by atoms with Gasteiger partial charge in [0.2, 0.25) is 15.9 Å². The van der Waals surface area contributed by atoms with E-state index in [0.717, 1.165) is 0 Å². The zero-order valence-electron chi connectivity index (χ0n) is 13.2. The molecule has 0 bridgehead atoms. The molecule has 25 heavy (non-hydrogen) atoms. The molecule has 1 aromatic heterocycles. The molecule has 134 valence electrons. The number of benzene rings is 1. The summed E-state index contributed by atoms with van der Waals surface area (Å²) in [4.78, 5) is 27.4. The zero-order valence-corrected chi connectivity index (χ0v) is 14.8. The van der Waals surface area contributed by atoms with E-state index in [1.165, 1.54) is 35.6 Å². The quantitative estimate of drug-likeness (QED) is 0.690. The van der Waals surface area contributed by atoms with Gasteiger partial charge in [-0.2, -0.15) is 0 Å². The van der Waals surface area contributed by atoms with Gasteiger partial charge >= 0.3 is 6.09 Å². The molecular weight excluding hydrogens is 368 g/mol. The number of thiazole rings is 1. The molecule has 0 aliphatic rings. The van der Waals surface area contributed by atoms with Gasteiger partial charge in [0.05, 0.1) is 23.6 Å². The highest BCUT2D eigenvalue weighted by Crippen LogP contribution is 2.17. The molecule has 11 heteroatoms. The first-order chi connectivity index (χ1) is 11.8. The summed E-state index contributed by atoms with van der Waals surface area (Å²) >= 11 is 1.17. The Morgan fingerprint density at radius 3 is 2.52 bits per heavy atom. The summed E-state index contributed by atoms with van der Waals surface area (Å²) in [5, 5.41) is 12.1. The van der Waals surface area contributed by atoms with E-state index in [1.807, 2.05) is 0 Å². The summed E-state index contributed by atoms with van der Waals surface area (Å²) in [6.07, 6.45) is -0.611. The minimum absolute atomic E-state index is 0.00204. The van der Waals surface area contributed by atoms with Gasteiger partial charge in [0.25, 0.3) is 0 Å². The number of sulfonamides is 1. The van der Waals surface area contributed by atoms with E-state index >= 15 is 0 Å². The van der Waals surface area contributed by atoms with Gasteiger partial charge in [-0.15, -0.1) is 11.3 Å². The Morgan fingerprint density at radius 2 is 1.92 bits per heavy atom. The Balaban J connectivity index is 1.92. The van der Waals surface area contributed by atoms with Crippen molar-refractivity contribution in [3.63, 3.8) is 0 Å². The minimum Gasteiger partial charge on any atom is -0.450 e. The van der Waals surface area contributed by atoms with Crippen molar-refractivity contribution in [2.45, 2.75) is 18.2 Å². The largest absolute Gasteiger partial charge is 0.450 e. The average Bonchev–Trinajstić information content (AvgIpc) is 2.93. The molecule has 4 N–H and O–H groups in total. The normalized spacial score (nSPS) is 11.0. The van der Waals surface area contributed by atoms with E-state index in [4.69, 9.17) is 9.88 Å². The molecule has 0 atom stereocenters. The maximum Gasteiger partial charge on any atom is 0.413 e. The number of hydrogen-bond acceptors (Lipinski definition) is 7. The molecule has 0 spiro atoms. The molecule has 0 radical (unpaired) electrons. The number of primary sulfonamides is 1. The van der Waals surface area contributed by atoms with Gasteiger partial charge in [0.1, 0.15) is 0 Å². The highest BCUT2D eigenvalue weighted by molar-refractivity contribution is 7.89. The number of nitrogens with one attached hydrogen (secondary N) is 2. The van der Waals surface area contributed by atoms with Gasteiger partial charge in [0.15, 0.2) is 5.13 Å². The number of rotatable bonds is 6. The first kappa shape index (κ1) is 18.8. The lowest BCUT2D eigenvalue weighted by atomic mass is 10.3. The molecule has 0 aliphatic carbocycles. The van der Waals surface area contributed by atoms with E-state index in [2.05, 4.69) is 15.6 Å². The van der Waals surface area contributed by atoms with Crippen LogP contribution in [-0.2, 0) is 26.0 Å². The van der Waals surface area contributed by atoms with E-state index in [0.29, 0.717) is 16.5 Å². The number of nitrogens with two attached hydrogens (primary N) is 1. The lowest BCUT2D eigenvalue weighted by Gasteiger charge is -2.05. The van der Waals surface area contributed by atoms with Crippen LogP contribution in [-0.4, -0.2) is 32.0 Å². The lowest BCUT2D eigenvalue weighted by molar-refractivity contribution is -0.115. The number of anilines is 2. The molecule has 2 aromatic rings. The van der Waals surface area contributed by atoms with Crippen molar-refractivity contribution >= 4 is 44.2 Å². The van der Waals surface area contributed by atoms with Crippen molar-refractivity contribution in [1.29, 1.82) is 0 Å². The van der Waals surface area contributed by atoms with Crippen LogP contribution in [0.2, 0.25) is 0 Å². The van der Waals surface area contributed by atoms with Crippen molar-refractivity contribution in [1.82, 2.24) is 4.98 Å². The van der Waals surface area contributed by atoms with Crippen LogP contribution in [0.15, 0.2) is 34.5 Å². The average molecular weight is 384 g/mol. The Morgan fingerprint density at radius 1 is 1.24 bits per heavy atom. The number of aromatic nitrogens is 1. The van der Waals surface area contributed by atoms with Crippen LogP contribution in [0.3, 0.4) is 0 Å². The molecule has 0 unspecified atom stereocenters. The Hall–Kier alpha value is -2.50. The van der Waals surface area contributed by atoms with Crippen LogP contribution >= 0.6 is 11.3 Å². The van der Waals surface area contributed by atoms with Crippen LogP contribution in [0.1, 0.15) is 12.6 Å². The monoisotopic (exact) mass is 384 g/mol. The topological polar surface area (TPSA) is 140 Å². The Bertz CT molecular complexity index is 862. The van der Waals surface area contributed by atoms with Crippen molar-refractivity contribution in [2.24, 2.45) is 5.14 Å². The van der Waals surface area contributed by atoms with Gasteiger partial charge in [0, 0.05) is 11.1 Å². The molecule has 0 saturated heterocycles. The molecule has 1 aromatic carbocycles. The molecule has 2 amide bonds. The second-order valence-corrected chi connectivity index (χ2v) is 7.20. The Labute approximate surface area is 148 Å². The molecule has 1 heterocycles. The van der Waals surface area contributed by atoms with Gasteiger partial charge < -0.3 is 10.1 Å². The zero-order chi connectivity index (χ0) is 18.4. The standard InChI is InChI=1S/C14H16N4O5S2/c1-2-23-14(20)18-13-17-10(8-24-13)7-12(19)16-9-3-5-11(6-4-9)25(15,21)22/h3-6,8H,2,7H2,1H3,(H,16,19)(H2,15,21,22)(H,17,18,20). The van der Waals surface area contributed by atoms with Crippen molar-refractivity contribution in [2.75, 3.05) is 17.2 Å². The summed E-state index contributed by atoms with van der Waals surface area (Å²) in [7, 11) is -3.77. The predicted molar refractivity (Wildman–Crippen MR) is 92.9 cm³/mol. The molecular formula is C14H16N4O5S2. The van der Waals surface area contributed by atoms with Crippen LogP contribution in [0.4, 0.5) is 15.6 Å². The van der Waals surface area contributed by atoms with Gasteiger partial charge in [-0.1, -0.05) is 0 Å². The number of carbonyl (C=O) groups excluding carboxylic acids is 2.